The van der Waals surface area contributed by atoms with Crippen LogP contribution in [0.2, 0.25) is 5.02 Å². The summed E-state index contributed by atoms with van der Waals surface area (Å²) in [7, 11) is 0. The number of hydrogen-bond acceptors (Lipinski definition) is 3. The van der Waals surface area contributed by atoms with Crippen molar-refractivity contribution in [2.75, 3.05) is 26.2 Å². The summed E-state index contributed by atoms with van der Waals surface area (Å²) in [5, 5.41) is 3.34. The number of alkyl halides is 3. The van der Waals surface area contributed by atoms with Crippen LogP contribution in [0.15, 0.2) is 30.3 Å². The monoisotopic (exact) mass is 540 g/mol. The van der Waals surface area contributed by atoms with Gasteiger partial charge in [0.2, 0.25) is 0 Å². The molecule has 0 radical (unpaired) electrons. The molecule has 2 aromatic carbocycles. The Hall–Kier alpha value is -2.32. The molecule has 1 amide bonds. The minimum absolute atomic E-state index is 0.0518. The van der Waals surface area contributed by atoms with Gasteiger partial charge in [-0.2, -0.15) is 13.2 Å². The van der Waals surface area contributed by atoms with Crippen molar-refractivity contribution in [3.05, 3.63) is 63.4 Å². The highest BCUT2D eigenvalue weighted by atomic mass is 35.5. The van der Waals surface area contributed by atoms with Crippen molar-refractivity contribution in [2.45, 2.75) is 64.1 Å². The molecular formula is C28H33ClF4N2O2. The van der Waals surface area contributed by atoms with E-state index in [0.717, 1.165) is 43.7 Å². The number of halogens is 5. The molecule has 4 nitrogen and oxygen atoms in total. The lowest BCUT2D eigenvalue weighted by molar-refractivity contribution is -0.138. The fraction of sp³-hybridized carbons (Fsp3) is 0.536. The van der Waals surface area contributed by atoms with Crippen molar-refractivity contribution >= 4 is 17.5 Å². The normalized spacial score (nSPS) is 16.8. The molecule has 0 aromatic heterocycles. The van der Waals surface area contributed by atoms with Crippen molar-refractivity contribution in [3.63, 3.8) is 0 Å². The summed E-state index contributed by atoms with van der Waals surface area (Å²) in [6.07, 6.45) is 0.919. The zero-order chi connectivity index (χ0) is 26.6. The van der Waals surface area contributed by atoms with Crippen LogP contribution in [0.3, 0.4) is 0 Å². The fourth-order valence-corrected chi connectivity index (χ4v) is 4.99. The van der Waals surface area contributed by atoms with Crippen LogP contribution in [0.1, 0.15) is 78.4 Å². The van der Waals surface area contributed by atoms with E-state index in [-0.39, 0.29) is 40.4 Å². The van der Waals surface area contributed by atoms with E-state index in [4.69, 9.17) is 16.3 Å². The van der Waals surface area contributed by atoms with Gasteiger partial charge in [-0.3, -0.25) is 4.79 Å². The summed E-state index contributed by atoms with van der Waals surface area (Å²) in [4.78, 5) is 14.5. The van der Waals surface area contributed by atoms with Crippen LogP contribution in [0.4, 0.5) is 17.6 Å². The Balaban J connectivity index is 1.34. The van der Waals surface area contributed by atoms with Crippen molar-refractivity contribution in [1.29, 1.82) is 0 Å². The third-order valence-electron chi connectivity index (χ3n) is 7.21. The second-order valence-corrected chi connectivity index (χ2v) is 10.4. The molecule has 202 valence electrons. The van der Waals surface area contributed by atoms with Crippen molar-refractivity contribution < 1.29 is 27.1 Å². The Bertz CT molecular complexity index is 1100. The van der Waals surface area contributed by atoms with Crippen molar-refractivity contribution in [1.82, 2.24) is 10.2 Å². The molecule has 37 heavy (non-hydrogen) atoms. The molecule has 0 bridgehead atoms. The van der Waals surface area contributed by atoms with E-state index in [2.05, 4.69) is 5.32 Å². The summed E-state index contributed by atoms with van der Waals surface area (Å²) in [5.41, 5.74) is 0.419. The SMILES string of the molecule is CCC(CCNCc1cc(Cl)ccc1C(F)(F)F)COc1cc(F)c(C(=O)N2CCCC2)cc1C1CC1. The first-order valence-electron chi connectivity index (χ1n) is 13.0. The van der Waals surface area contributed by atoms with E-state index >= 15 is 0 Å². The van der Waals surface area contributed by atoms with Crippen molar-refractivity contribution in [2.24, 2.45) is 5.92 Å². The van der Waals surface area contributed by atoms with Crippen LogP contribution in [-0.2, 0) is 12.7 Å². The summed E-state index contributed by atoms with van der Waals surface area (Å²) >= 11 is 5.90. The minimum atomic E-state index is -4.44. The highest BCUT2D eigenvalue weighted by Gasteiger charge is 2.33. The summed E-state index contributed by atoms with van der Waals surface area (Å²) in [6, 6.07) is 6.60. The first-order chi connectivity index (χ1) is 17.7. The van der Waals surface area contributed by atoms with Gasteiger partial charge in [0, 0.05) is 30.7 Å². The first-order valence-corrected chi connectivity index (χ1v) is 13.4. The maximum atomic E-state index is 15.0. The molecule has 2 aliphatic rings. The Morgan fingerprint density at radius 2 is 1.92 bits per heavy atom. The number of rotatable bonds is 11. The second kappa shape index (κ2) is 12.0. The maximum absolute atomic E-state index is 15.0. The molecule has 1 unspecified atom stereocenters. The standard InChI is InChI=1S/C28H33ClF4N2O2/c1-2-18(9-10-34-16-20-13-21(29)7-8-24(20)28(31,32)33)17-37-26-15-25(30)23(14-22(26)19-5-6-19)27(36)35-11-3-4-12-35/h7-8,13-15,18-19,34H,2-6,9-12,16-17H2,1H3. The molecule has 1 saturated carbocycles. The predicted molar refractivity (Wildman–Crippen MR) is 136 cm³/mol. The van der Waals surface area contributed by atoms with Crippen LogP contribution in [0.25, 0.3) is 0 Å². The van der Waals surface area contributed by atoms with Crippen molar-refractivity contribution in [3.8, 4) is 5.75 Å². The van der Waals surface area contributed by atoms with Crippen LogP contribution in [0, 0.1) is 11.7 Å². The topological polar surface area (TPSA) is 41.6 Å². The lowest BCUT2D eigenvalue weighted by Gasteiger charge is -2.20. The zero-order valence-corrected chi connectivity index (χ0v) is 21.7. The van der Waals surface area contributed by atoms with E-state index in [0.29, 0.717) is 38.4 Å². The van der Waals surface area contributed by atoms with Gasteiger partial charge in [-0.1, -0.05) is 24.9 Å². The lowest BCUT2D eigenvalue weighted by Crippen LogP contribution is -2.28. The molecule has 1 aliphatic heterocycles. The van der Waals surface area contributed by atoms with E-state index in [9.17, 15) is 22.4 Å². The highest BCUT2D eigenvalue weighted by Crippen LogP contribution is 2.45. The van der Waals surface area contributed by atoms with Gasteiger partial charge in [-0.05, 0) is 85.9 Å². The quantitative estimate of drug-likeness (QED) is 0.242. The molecule has 2 aromatic rings. The summed E-state index contributed by atoms with van der Waals surface area (Å²) < 4.78 is 60.8. The van der Waals surface area contributed by atoms with Gasteiger partial charge in [-0.25, -0.2) is 4.39 Å². The number of ether oxygens (including phenoxy) is 1. The third kappa shape index (κ3) is 7.17. The maximum Gasteiger partial charge on any atom is 0.416 e. The summed E-state index contributed by atoms with van der Waals surface area (Å²) in [5.74, 6) is 0.0819. The molecule has 1 aliphatic carbocycles. The molecule has 1 heterocycles. The third-order valence-corrected chi connectivity index (χ3v) is 7.44. The van der Waals surface area contributed by atoms with E-state index in [1.165, 1.54) is 18.2 Å². The van der Waals surface area contributed by atoms with Crippen LogP contribution >= 0.6 is 11.6 Å². The van der Waals surface area contributed by atoms with Gasteiger partial charge in [0.15, 0.2) is 0 Å². The molecule has 0 spiro atoms. The first kappa shape index (κ1) is 27.7. The van der Waals surface area contributed by atoms with Gasteiger partial charge in [0.1, 0.15) is 11.6 Å². The lowest BCUT2D eigenvalue weighted by atomic mass is 10.0. The number of amides is 1. The fourth-order valence-electron chi connectivity index (χ4n) is 4.79. The van der Waals surface area contributed by atoms with E-state index in [1.807, 2.05) is 6.92 Å². The predicted octanol–water partition coefficient (Wildman–Crippen LogP) is 7.20. The molecule has 1 atom stereocenters. The highest BCUT2D eigenvalue weighted by molar-refractivity contribution is 6.30. The Labute approximate surface area is 220 Å². The van der Waals surface area contributed by atoms with Gasteiger partial charge in [0.05, 0.1) is 17.7 Å². The number of nitrogens with one attached hydrogen (secondary N) is 1. The van der Waals surface area contributed by atoms with Crippen LogP contribution < -0.4 is 10.1 Å². The molecule has 1 N–H and O–H groups in total. The second-order valence-electron chi connectivity index (χ2n) is 9.99. The summed E-state index contributed by atoms with van der Waals surface area (Å²) in [6.45, 7) is 4.26. The van der Waals surface area contributed by atoms with E-state index in [1.54, 1.807) is 11.0 Å². The number of hydrogen-bond donors (Lipinski definition) is 1. The van der Waals surface area contributed by atoms with Crippen LogP contribution in [0.5, 0.6) is 5.75 Å². The number of carbonyl (C=O) groups excluding carboxylic acids is 1. The number of benzene rings is 2. The number of likely N-dealkylation sites (tertiary alicyclic amines) is 1. The largest absolute Gasteiger partial charge is 0.493 e. The smallest absolute Gasteiger partial charge is 0.416 e. The van der Waals surface area contributed by atoms with Gasteiger partial charge >= 0.3 is 6.18 Å². The Morgan fingerprint density at radius 3 is 2.57 bits per heavy atom. The average molecular weight is 541 g/mol. The Kier molecular flexibility index (Phi) is 9.01. The van der Waals surface area contributed by atoms with E-state index < -0.39 is 17.6 Å². The Morgan fingerprint density at radius 1 is 1.19 bits per heavy atom. The number of nitrogens with zero attached hydrogens (tertiary/aromatic N) is 1. The minimum Gasteiger partial charge on any atom is -0.493 e. The molecule has 2 fully saturated rings. The van der Waals surface area contributed by atoms with Gasteiger partial charge in [-0.15, -0.1) is 0 Å². The van der Waals surface area contributed by atoms with Gasteiger partial charge in [0.25, 0.3) is 5.91 Å². The molecule has 4 rings (SSSR count). The molecular weight excluding hydrogens is 508 g/mol. The molecule has 9 heteroatoms. The number of carbonyl (C=O) groups is 1. The average Bonchev–Trinajstić information content (AvgIpc) is 3.55. The zero-order valence-electron chi connectivity index (χ0n) is 21.0. The molecule has 1 saturated heterocycles. The van der Waals surface area contributed by atoms with Gasteiger partial charge < -0.3 is 15.0 Å². The van der Waals surface area contributed by atoms with Crippen LogP contribution in [-0.4, -0.2) is 37.0 Å².